The Morgan fingerprint density at radius 3 is 2.33 bits per heavy atom. The van der Waals surface area contributed by atoms with Crippen LogP contribution in [0.1, 0.15) is 73.3 Å². The molecule has 2 rings (SSSR count). The number of hydrogen-bond donors (Lipinski definition) is 1. The molecule has 0 aromatic heterocycles. The van der Waals surface area contributed by atoms with Crippen molar-refractivity contribution in [3.63, 3.8) is 0 Å². The Morgan fingerprint density at radius 1 is 1.14 bits per heavy atom. The summed E-state index contributed by atoms with van der Waals surface area (Å²) in [6.45, 7) is 20.3. The molecule has 0 amide bonds. The SMILES string of the molecule is CC(C)(C)C(=O)OCC[C@H]1O[C@@H](COCc2ccccc2)C[C@H](O[Si](C)(C)C(C)(C)C)[C@]1(C)CCO. The van der Waals surface area contributed by atoms with Gasteiger partial charge >= 0.3 is 5.97 Å². The van der Waals surface area contributed by atoms with Gasteiger partial charge < -0.3 is 23.7 Å². The number of hydrogen-bond acceptors (Lipinski definition) is 6. The summed E-state index contributed by atoms with van der Waals surface area (Å²) in [7, 11) is -2.09. The van der Waals surface area contributed by atoms with E-state index in [1.165, 1.54) is 0 Å². The molecule has 1 aliphatic heterocycles. The molecule has 1 N–H and O–H groups in total. The van der Waals surface area contributed by atoms with E-state index in [1.807, 2.05) is 39.0 Å². The first-order chi connectivity index (χ1) is 16.6. The molecular weight excluding hydrogens is 472 g/mol. The molecule has 36 heavy (non-hydrogen) atoms. The van der Waals surface area contributed by atoms with Gasteiger partial charge in [-0.05, 0) is 50.9 Å². The van der Waals surface area contributed by atoms with Gasteiger partial charge in [-0.25, -0.2) is 0 Å². The summed E-state index contributed by atoms with van der Waals surface area (Å²) in [5, 5.41) is 10.1. The first-order valence-corrected chi connectivity index (χ1v) is 16.2. The first kappa shape index (κ1) is 31.0. The monoisotopic (exact) mass is 522 g/mol. The van der Waals surface area contributed by atoms with Gasteiger partial charge in [0.15, 0.2) is 8.32 Å². The second kappa shape index (κ2) is 12.5. The summed E-state index contributed by atoms with van der Waals surface area (Å²) in [5.74, 6) is -0.223. The van der Waals surface area contributed by atoms with Crippen LogP contribution in [0.15, 0.2) is 30.3 Å². The molecule has 1 aromatic rings. The fourth-order valence-corrected chi connectivity index (χ4v) is 5.73. The van der Waals surface area contributed by atoms with E-state index in [4.69, 9.17) is 18.6 Å². The molecule has 1 heterocycles. The summed E-state index contributed by atoms with van der Waals surface area (Å²) in [6, 6.07) is 10.1. The summed E-state index contributed by atoms with van der Waals surface area (Å²) < 4.78 is 25.3. The molecule has 206 valence electrons. The largest absolute Gasteiger partial charge is 0.465 e. The second-order valence-electron chi connectivity index (χ2n) is 13.0. The second-order valence-corrected chi connectivity index (χ2v) is 17.8. The molecular formula is C29H50O6Si. The van der Waals surface area contributed by atoms with Gasteiger partial charge in [-0.3, -0.25) is 4.79 Å². The van der Waals surface area contributed by atoms with Gasteiger partial charge in [-0.2, -0.15) is 0 Å². The van der Waals surface area contributed by atoms with E-state index in [0.29, 0.717) is 32.5 Å². The molecule has 0 spiro atoms. The van der Waals surface area contributed by atoms with Crippen molar-refractivity contribution in [2.24, 2.45) is 10.8 Å². The molecule has 0 unspecified atom stereocenters. The van der Waals surface area contributed by atoms with Gasteiger partial charge in [-0.15, -0.1) is 0 Å². The summed E-state index contributed by atoms with van der Waals surface area (Å²) in [4.78, 5) is 12.4. The van der Waals surface area contributed by atoms with Crippen molar-refractivity contribution in [1.29, 1.82) is 0 Å². The maximum absolute atomic E-state index is 12.4. The molecule has 0 bridgehead atoms. The zero-order valence-electron chi connectivity index (χ0n) is 24.1. The highest BCUT2D eigenvalue weighted by molar-refractivity contribution is 6.74. The van der Waals surface area contributed by atoms with E-state index < -0.39 is 19.1 Å². The quantitative estimate of drug-likeness (QED) is 0.279. The Morgan fingerprint density at radius 2 is 1.78 bits per heavy atom. The standard InChI is InChI=1S/C29H50O6Si/c1-27(2,3)26(31)33-18-15-24-29(7,16-17-30)25(35-36(8,9)28(4,5)6)19-23(34-24)21-32-20-22-13-11-10-12-14-22/h10-14,23-25,30H,15-21H2,1-9H3/t23-,24-,25+,29-/m1/s1. The van der Waals surface area contributed by atoms with Crippen LogP contribution >= 0.6 is 0 Å². The maximum atomic E-state index is 12.4. The van der Waals surface area contributed by atoms with Crippen LogP contribution in [-0.4, -0.2) is 57.5 Å². The van der Waals surface area contributed by atoms with Gasteiger partial charge in [0.25, 0.3) is 0 Å². The molecule has 0 aliphatic carbocycles. The molecule has 0 saturated carbocycles. The molecule has 1 aliphatic rings. The van der Waals surface area contributed by atoms with Crippen molar-refractivity contribution in [3.05, 3.63) is 35.9 Å². The molecule has 1 saturated heterocycles. The normalized spacial score (nSPS) is 25.6. The molecule has 4 atom stereocenters. The summed E-state index contributed by atoms with van der Waals surface area (Å²) in [5.41, 5.74) is 0.163. The minimum atomic E-state index is -2.09. The zero-order chi connectivity index (χ0) is 27.2. The zero-order valence-corrected chi connectivity index (χ0v) is 25.1. The van der Waals surface area contributed by atoms with Crippen molar-refractivity contribution < 1.29 is 28.5 Å². The minimum Gasteiger partial charge on any atom is -0.465 e. The number of aliphatic hydroxyl groups is 1. The van der Waals surface area contributed by atoms with Gasteiger partial charge in [-0.1, -0.05) is 58.0 Å². The average Bonchev–Trinajstić information content (AvgIpc) is 2.76. The highest BCUT2D eigenvalue weighted by Gasteiger charge is 2.51. The van der Waals surface area contributed by atoms with E-state index in [1.54, 1.807) is 0 Å². The van der Waals surface area contributed by atoms with Crippen molar-refractivity contribution >= 4 is 14.3 Å². The van der Waals surface area contributed by atoms with Crippen molar-refractivity contribution in [2.45, 2.75) is 111 Å². The predicted molar refractivity (Wildman–Crippen MR) is 146 cm³/mol. The first-order valence-electron chi connectivity index (χ1n) is 13.3. The molecule has 7 heteroatoms. The van der Waals surface area contributed by atoms with Crippen LogP contribution in [0.25, 0.3) is 0 Å². The van der Waals surface area contributed by atoms with Crippen LogP contribution < -0.4 is 0 Å². The van der Waals surface area contributed by atoms with Crippen LogP contribution in [0.5, 0.6) is 0 Å². The van der Waals surface area contributed by atoms with Crippen LogP contribution in [0.2, 0.25) is 18.1 Å². The number of rotatable bonds is 11. The van der Waals surface area contributed by atoms with E-state index >= 15 is 0 Å². The van der Waals surface area contributed by atoms with Crippen LogP contribution in [-0.2, 0) is 30.0 Å². The topological polar surface area (TPSA) is 74.2 Å². The number of carbonyl (C=O) groups is 1. The van der Waals surface area contributed by atoms with Gasteiger partial charge in [0.1, 0.15) is 0 Å². The Balaban J connectivity index is 2.21. The van der Waals surface area contributed by atoms with Gasteiger partial charge in [0.2, 0.25) is 0 Å². The average molecular weight is 523 g/mol. The third-order valence-electron chi connectivity index (χ3n) is 7.84. The van der Waals surface area contributed by atoms with E-state index in [2.05, 4.69) is 52.9 Å². The number of esters is 1. The van der Waals surface area contributed by atoms with Gasteiger partial charge in [0.05, 0.1) is 43.5 Å². The number of benzene rings is 1. The Labute approximate surface area is 220 Å². The minimum absolute atomic E-state index is 0.0463. The molecule has 6 nitrogen and oxygen atoms in total. The van der Waals surface area contributed by atoms with E-state index in [9.17, 15) is 9.90 Å². The Kier molecular flexibility index (Phi) is 10.8. The lowest BCUT2D eigenvalue weighted by atomic mass is 9.71. The van der Waals surface area contributed by atoms with Crippen LogP contribution in [0.3, 0.4) is 0 Å². The fourth-order valence-electron chi connectivity index (χ4n) is 4.30. The lowest BCUT2D eigenvalue weighted by Gasteiger charge is -2.53. The highest BCUT2D eigenvalue weighted by Crippen LogP contribution is 2.47. The maximum Gasteiger partial charge on any atom is 0.311 e. The molecule has 1 aromatic carbocycles. The Hall–Kier alpha value is -1.25. The van der Waals surface area contributed by atoms with Crippen molar-refractivity contribution in [1.82, 2.24) is 0 Å². The lowest BCUT2D eigenvalue weighted by molar-refractivity contribution is -0.200. The highest BCUT2D eigenvalue weighted by atomic mass is 28.4. The smallest absolute Gasteiger partial charge is 0.311 e. The lowest BCUT2D eigenvalue weighted by Crippen LogP contribution is -2.58. The van der Waals surface area contributed by atoms with E-state index in [0.717, 1.165) is 5.56 Å². The third-order valence-corrected chi connectivity index (χ3v) is 12.3. The van der Waals surface area contributed by atoms with Crippen LogP contribution in [0.4, 0.5) is 0 Å². The van der Waals surface area contributed by atoms with Crippen molar-refractivity contribution in [2.75, 3.05) is 19.8 Å². The third kappa shape index (κ3) is 8.38. The number of carbonyl (C=O) groups excluding carboxylic acids is 1. The summed E-state index contributed by atoms with van der Waals surface area (Å²) >= 11 is 0. The van der Waals surface area contributed by atoms with E-state index in [-0.39, 0.29) is 42.5 Å². The van der Waals surface area contributed by atoms with Crippen molar-refractivity contribution in [3.8, 4) is 0 Å². The molecule has 1 fully saturated rings. The molecule has 0 radical (unpaired) electrons. The predicted octanol–water partition coefficient (Wildman–Crippen LogP) is 6.12. The number of ether oxygens (including phenoxy) is 3. The number of aliphatic hydroxyl groups excluding tert-OH is 1. The van der Waals surface area contributed by atoms with Crippen LogP contribution in [0, 0.1) is 10.8 Å². The van der Waals surface area contributed by atoms with Gasteiger partial charge in [0, 0.05) is 24.9 Å². The fraction of sp³-hybridized carbons (Fsp3) is 0.759. The summed E-state index contributed by atoms with van der Waals surface area (Å²) in [6.07, 6.45) is 1.35. The Bertz CT molecular complexity index is 813.